The third kappa shape index (κ3) is 3.62. The maximum absolute atomic E-state index is 13.0. The van der Waals surface area contributed by atoms with Gasteiger partial charge in [-0.15, -0.1) is 0 Å². The molecule has 0 atom stereocenters. The summed E-state index contributed by atoms with van der Waals surface area (Å²) >= 11 is 0. The van der Waals surface area contributed by atoms with E-state index < -0.39 is 0 Å². The lowest BCUT2D eigenvalue weighted by molar-refractivity contribution is 0.0494. The Kier molecular flexibility index (Phi) is 5.36. The summed E-state index contributed by atoms with van der Waals surface area (Å²) in [7, 11) is 1.84. The van der Waals surface area contributed by atoms with Crippen LogP contribution in [0.1, 0.15) is 46.2 Å². The molecule has 1 saturated heterocycles. The average Bonchev–Trinajstić information content (AvgIpc) is 2.95. The summed E-state index contributed by atoms with van der Waals surface area (Å²) in [4.78, 5) is 23.8. The van der Waals surface area contributed by atoms with Gasteiger partial charge in [0.25, 0.3) is 5.91 Å². The number of hydrogen-bond donors (Lipinski definition) is 0. The molecule has 2 aromatic heterocycles. The molecule has 0 spiro atoms. The average molecular weight is 358 g/mol. The number of aryl methyl sites for hydroxylation is 3. The first-order valence-corrected chi connectivity index (χ1v) is 9.00. The first-order valence-electron chi connectivity index (χ1n) is 9.00. The van der Waals surface area contributed by atoms with E-state index in [0.717, 1.165) is 48.6 Å². The van der Waals surface area contributed by atoms with Crippen molar-refractivity contribution in [1.29, 1.82) is 0 Å². The van der Waals surface area contributed by atoms with Crippen LogP contribution in [0.3, 0.4) is 0 Å². The van der Waals surface area contributed by atoms with Gasteiger partial charge in [-0.2, -0.15) is 0 Å². The Balaban J connectivity index is 1.91. The van der Waals surface area contributed by atoms with Crippen molar-refractivity contribution in [2.24, 2.45) is 5.92 Å². The molecular weight excluding hydrogens is 332 g/mol. The van der Waals surface area contributed by atoms with Crippen LogP contribution in [0.15, 0.2) is 4.52 Å². The summed E-state index contributed by atoms with van der Waals surface area (Å²) in [5, 5.41) is 4.01. The standard InChI is InChI=1S/C19H26N4O3/c1-11-17(16-12(2)22-26-13(16)3)20-14(4)21-18(11)19(24)23(5)10-15-6-8-25-9-7-15/h15H,6-10H2,1-5H3. The SMILES string of the molecule is Cc1nc(C(=O)N(C)CC2CCOCC2)c(C)c(-c2c(C)noc2C)n1. The van der Waals surface area contributed by atoms with Gasteiger partial charge in [-0.25, -0.2) is 9.97 Å². The number of nitrogens with zero attached hydrogens (tertiary/aromatic N) is 4. The molecule has 0 aromatic carbocycles. The maximum atomic E-state index is 13.0. The monoisotopic (exact) mass is 358 g/mol. The zero-order valence-electron chi connectivity index (χ0n) is 16.1. The highest BCUT2D eigenvalue weighted by Gasteiger charge is 2.25. The molecule has 0 bridgehead atoms. The molecular formula is C19H26N4O3. The maximum Gasteiger partial charge on any atom is 0.272 e. The van der Waals surface area contributed by atoms with Crippen molar-refractivity contribution in [3.8, 4) is 11.3 Å². The Bertz CT molecular complexity index is 790. The largest absolute Gasteiger partial charge is 0.381 e. The van der Waals surface area contributed by atoms with E-state index in [1.807, 2.05) is 27.8 Å². The quantitative estimate of drug-likeness (QED) is 0.836. The molecule has 26 heavy (non-hydrogen) atoms. The second kappa shape index (κ2) is 7.53. The van der Waals surface area contributed by atoms with Crippen LogP contribution in [0.5, 0.6) is 0 Å². The predicted octanol–water partition coefficient (Wildman–Crippen LogP) is 2.86. The first-order chi connectivity index (χ1) is 12.4. The molecule has 0 saturated carbocycles. The van der Waals surface area contributed by atoms with Crippen LogP contribution in [-0.4, -0.2) is 52.7 Å². The minimum Gasteiger partial charge on any atom is -0.381 e. The molecule has 140 valence electrons. The van der Waals surface area contributed by atoms with Crippen molar-refractivity contribution in [2.45, 2.75) is 40.5 Å². The van der Waals surface area contributed by atoms with Crippen molar-refractivity contribution in [2.75, 3.05) is 26.8 Å². The van der Waals surface area contributed by atoms with Gasteiger partial charge < -0.3 is 14.2 Å². The lowest BCUT2D eigenvalue weighted by Crippen LogP contribution is -2.35. The molecule has 7 nitrogen and oxygen atoms in total. The van der Waals surface area contributed by atoms with Crippen molar-refractivity contribution in [3.05, 3.63) is 28.5 Å². The summed E-state index contributed by atoms with van der Waals surface area (Å²) < 4.78 is 10.7. The summed E-state index contributed by atoms with van der Waals surface area (Å²) in [6, 6.07) is 0. The van der Waals surface area contributed by atoms with E-state index in [-0.39, 0.29) is 5.91 Å². The molecule has 7 heteroatoms. The lowest BCUT2D eigenvalue weighted by Gasteiger charge is -2.27. The van der Waals surface area contributed by atoms with Crippen molar-refractivity contribution in [1.82, 2.24) is 20.0 Å². The van der Waals surface area contributed by atoms with Crippen LogP contribution >= 0.6 is 0 Å². The molecule has 2 aromatic rings. The molecule has 1 amide bonds. The van der Waals surface area contributed by atoms with E-state index in [9.17, 15) is 4.79 Å². The van der Waals surface area contributed by atoms with Gasteiger partial charge in [-0.3, -0.25) is 4.79 Å². The normalized spacial score (nSPS) is 15.3. The summed E-state index contributed by atoms with van der Waals surface area (Å²) in [5.41, 5.74) is 3.53. The Morgan fingerprint density at radius 2 is 1.85 bits per heavy atom. The third-order valence-electron chi connectivity index (χ3n) is 4.95. The number of rotatable bonds is 4. The number of carbonyl (C=O) groups excluding carboxylic acids is 1. The van der Waals surface area contributed by atoms with E-state index in [1.165, 1.54) is 0 Å². The summed E-state index contributed by atoms with van der Waals surface area (Å²) in [6.45, 7) is 9.67. The first kappa shape index (κ1) is 18.5. The van der Waals surface area contributed by atoms with Crippen molar-refractivity contribution < 1.29 is 14.1 Å². The number of amides is 1. The van der Waals surface area contributed by atoms with Crippen molar-refractivity contribution >= 4 is 5.91 Å². The number of carbonyl (C=O) groups is 1. The fourth-order valence-corrected chi connectivity index (χ4v) is 3.48. The molecule has 0 aliphatic carbocycles. The van der Waals surface area contributed by atoms with Gasteiger partial charge >= 0.3 is 0 Å². The van der Waals surface area contributed by atoms with E-state index in [1.54, 1.807) is 11.8 Å². The molecule has 3 rings (SSSR count). The van der Waals surface area contributed by atoms with Gasteiger partial charge in [-0.1, -0.05) is 5.16 Å². The molecule has 1 fully saturated rings. The minimum atomic E-state index is -0.0764. The Morgan fingerprint density at radius 3 is 2.46 bits per heavy atom. The van der Waals surface area contributed by atoms with Crippen LogP contribution in [-0.2, 0) is 4.74 Å². The highest BCUT2D eigenvalue weighted by Crippen LogP contribution is 2.29. The Labute approximate surface area is 153 Å². The van der Waals surface area contributed by atoms with Crippen LogP contribution in [0.4, 0.5) is 0 Å². The van der Waals surface area contributed by atoms with Gasteiger partial charge in [0.15, 0.2) is 0 Å². The van der Waals surface area contributed by atoms with Crippen LogP contribution in [0.25, 0.3) is 11.3 Å². The molecule has 0 unspecified atom stereocenters. The fourth-order valence-electron chi connectivity index (χ4n) is 3.48. The van der Waals surface area contributed by atoms with E-state index in [0.29, 0.717) is 29.7 Å². The summed E-state index contributed by atoms with van der Waals surface area (Å²) in [5.74, 6) is 1.65. The zero-order valence-corrected chi connectivity index (χ0v) is 16.1. The third-order valence-corrected chi connectivity index (χ3v) is 4.95. The van der Waals surface area contributed by atoms with Crippen LogP contribution in [0, 0.1) is 33.6 Å². The molecule has 3 heterocycles. The lowest BCUT2D eigenvalue weighted by atomic mass is 9.99. The topological polar surface area (TPSA) is 81.4 Å². The summed E-state index contributed by atoms with van der Waals surface area (Å²) in [6.07, 6.45) is 1.98. The van der Waals surface area contributed by atoms with Gasteiger partial charge in [0.1, 0.15) is 17.3 Å². The number of hydrogen-bond acceptors (Lipinski definition) is 6. The van der Waals surface area contributed by atoms with Gasteiger partial charge in [0.05, 0.1) is 17.0 Å². The van der Waals surface area contributed by atoms with Crippen LogP contribution < -0.4 is 0 Å². The van der Waals surface area contributed by atoms with Gasteiger partial charge in [0.2, 0.25) is 0 Å². The second-order valence-corrected chi connectivity index (χ2v) is 7.03. The second-order valence-electron chi connectivity index (χ2n) is 7.03. The van der Waals surface area contributed by atoms with Gasteiger partial charge in [-0.05, 0) is 46.5 Å². The van der Waals surface area contributed by atoms with E-state index in [2.05, 4.69) is 15.1 Å². The van der Waals surface area contributed by atoms with Crippen LogP contribution in [0.2, 0.25) is 0 Å². The van der Waals surface area contributed by atoms with Crippen molar-refractivity contribution in [3.63, 3.8) is 0 Å². The number of ether oxygens (including phenoxy) is 1. The molecule has 1 aliphatic rings. The van der Waals surface area contributed by atoms with E-state index in [4.69, 9.17) is 9.26 Å². The fraction of sp³-hybridized carbons (Fsp3) is 0.579. The highest BCUT2D eigenvalue weighted by atomic mass is 16.5. The zero-order chi connectivity index (χ0) is 18.8. The Morgan fingerprint density at radius 1 is 1.15 bits per heavy atom. The highest BCUT2D eigenvalue weighted by molar-refractivity contribution is 5.95. The van der Waals surface area contributed by atoms with Gasteiger partial charge in [0, 0.05) is 32.4 Å². The van der Waals surface area contributed by atoms with E-state index >= 15 is 0 Å². The number of aromatic nitrogens is 3. The minimum absolute atomic E-state index is 0.0764. The predicted molar refractivity (Wildman–Crippen MR) is 97.0 cm³/mol. The Hall–Kier alpha value is -2.28. The molecule has 1 aliphatic heterocycles. The smallest absolute Gasteiger partial charge is 0.272 e. The molecule has 0 N–H and O–H groups in total. The molecule has 0 radical (unpaired) electrons.